The zero-order chi connectivity index (χ0) is 12.1. The second-order valence-corrected chi connectivity index (χ2v) is 5.29. The van der Waals surface area contributed by atoms with E-state index in [1.807, 2.05) is 4.57 Å². The molecule has 5 nitrogen and oxygen atoms in total. The van der Waals surface area contributed by atoms with Crippen molar-refractivity contribution in [3.63, 3.8) is 0 Å². The first-order valence-corrected chi connectivity index (χ1v) is 6.75. The molecule has 0 saturated heterocycles. The van der Waals surface area contributed by atoms with Gasteiger partial charge in [-0.3, -0.25) is 4.79 Å². The minimum atomic E-state index is 0.0641. The summed E-state index contributed by atoms with van der Waals surface area (Å²) in [6, 6.07) is 0. The van der Waals surface area contributed by atoms with Crippen molar-refractivity contribution in [2.75, 3.05) is 13.7 Å². The number of rotatable bonds is 5. The second kappa shape index (κ2) is 6.16. The van der Waals surface area contributed by atoms with Gasteiger partial charge >= 0.3 is 0 Å². The molecule has 0 spiro atoms. The molecule has 0 N–H and O–H groups in total. The van der Waals surface area contributed by atoms with Crippen LogP contribution < -0.4 is 0 Å². The van der Waals surface area contributed by atoms with E-state index in [0.717, 1.165) is 31.0 Å². The number of hydrogen-bond donors (Lipinski definition) is 0. The van der Waals surface area contributed by atoms with E-state index in [4.69, 9.17) is 4.74 Å². The quantitative estimate of drug-likeness (QED) is 0.798. The van der Waals surface area contributed by atoms with Crippen LogP contribution in [0, 0.1) is 0 Å². The van der Waals surface area contributed by atoms with E-state index in [2.05, 4.69) is 10.2 Å². The van der Waals surface area contributed by atoms with Crippen molar-refractivity contribution in [3.05, 3.63) is 6.33 Å². The van der Waals surface area contributed by atoms with Crippen LogP contribution in [0.1, 0.15) is 25.7 Å². The van der Waals surface area contributed by atoms with E-state index in [1.165, 1.54) is 0 Å². The molecule has 1 aromatic heterocycles. The number of nitrogens with zero attached hydrogens (tertiary/aromatic N) is 3. The third kappa shape index (κ3) is 3.29. The van der Waals surface area contributed by atoms with E-state index in [-0.39, 0.29) is 5.25 Å². The highest BCUT2D eigenvalue weighted by Gasteiger charge is 2.24. The summed E-state index contributed by atoms with van der Waals surface area (Å²) >= 11 is 1.54. The maximum atomic E-state index is 11.7. The van der Waals surface area contributed by atoms with Crippen molar-refractivity contribution in [2.24, 2.45) is 0 Å². The smallest absolute Gasteiger partial charge is 0.191 e. The van der Waals surface area contributed by atoms with Crippen molar-refractivity contribution in [3.8, 4) is 0 Å². The number of ketones is 1. The summed E-state index contributed by atoms with van der Waals surface area (Å²) in [6.45, 7) is 1.36. The number of ether oxygens (including phenoxy) is 1. The highest BCUT2D eigenvalue weighted by Crippen LogP contribution is 2.30. The lowest BCUT2D eigenvalue weighted by Crippen LogP contribution is -2.22. The molecular formula is C11H17N3O2S. The Labute approximate surface area is 105 Å². The number of hydrogen-bond acceptors (Lipinski definition) is 5. The summed E-state index contributed by atoms with van der Waals surface area (Å²) in [4.78, 5) is 11.7. The van der Waals surface area contributed by atoms with Gasteiger partial charge in [0.15, 0.2) is 5.16 Å². The normalized spacial score (nSPS) is 20.8. The zero-order valence-corrected chi connectivity index (χ0v) is 10.8. The van der Waals surface area contributed by atoms with Crippen LogP contribution in [0.2, 0.25) is 0 Å². The summed E-state index contributed by atoms with van der Waals surface area (Å²) in [5.41, 5.74) is 0. The Kier molecular flexibility index (Phi) is 4.56. The van der Waals surface area contributed by atoms with Gasteiger partial charge in [-0.15, -0.1) is 10.2 Å². The predicted molar refractivity (Wildman–Crippen MR) is 65.0 cm³/mol. The minimum absolute atomic E-state index is 0.0641. The van der Waals surface area contributed by atoms with Crippen molar-refractivity contribution >= 4 is 17.5 Å². The molecule has 0 aliphatic heterocycles. The maximum Gasteiger partial charge on any atom is 0.191 e. The maximum absolute atomic E-state index is 11.7. The predicted octanol–water partition coefficient (Wildman–Crippen LogP) is 1.53. The van der Waals surface area contributed by atoms with Gasteiger partial charge in [-0.2, -0.15) is 0 Å². The number of aromatic nitrogens is 3. The SMILES string of the molecule is COCCn1cnnc1S[C@@H]1CCCCC1=O. The highest BCUT2D eigenvalue weighted by atomic mass is 32.2. The highest BCUT2D eigenvalue weighted by molar-refractivity contribution is 8.00. The van der Waals surface area contributed by atoms with Crippen LogP contribution in [0.5, 0.6) is 0 Å². The monoisotopic (exact) mass is 255 g/mol. The van der Waals surface area contributed by atoms with Gasteiger partial charge in [0.25, 0.3) is 0 Å². The van der Waals surface area contributed by atoms with Crippen LogP contribution in [0.15, 0.2) is 11.5 Å². The molecule has 0 unspecified atom stereocenters. The molecule has 17 heavy (non-hydrogen) atoms. The Balaban J connectivity index is 1.97. The van der Waals surface area contributed by atoms with Crippen LogP contribution in [0.3, 0.4) is 0 Å². The fourth-order valence-corrected chi connectivity index (χ4v) is 3.04. The van der Waals surface area contributed by atoms with Gasteiger partial charge in [-0.25, -0.2) is 0 Å². The molecule has 0 bridgehead atoms. The summed E-state index contributed by atoms with van der Waals surface area (Å²) in [5.74, 6) is 0.350. The van der Waals surface area contributed by atoms with Crippen molar-refractivity contribution < 1.29 is 9.53 Å². The number of methoxy groups -OCH3 is 1. The van der Waals surface area contributed by atoms with E-state index < -0.39 is 0 Å². The molecule has 1 heterocycles. The van der Waals surface area contributed by atoms with Crippen LogP contribution in [-0.2, 0) is 16.1 Å². The average Bonchev–Trinajstić information content (AvgIpc) is 2.77. The van der Waals surface area contributed by atoms with Crippen LogP contribution in [-0.4, -0.2) is 39.5 Å². The lowest BCUT2D eigenvalue weighted by Gasteiger charge is -2.19. The van der Waals surface area contributed by atoms with Crippen molar-refractivity contribution in [1.82, 2.24) is 14.8 Å². The van der Waals surface area contributed by atoms with E-state index in [9.17, 15) is 4.79 Å². The van der Waals surface area contributed by atoms with E-state index in [1.54, 1.807) is 25.2 Å². The van der Waals surface area contributed by atoms with Gasteiger partial charge in [0, 0.05) is 20.1 Å². The third-order valence-electron chi connectivity index (χ3n) is 2.86. The molecule has 1 fully saturated rings. The number of carbonyl (C=O) groups excluding carboxylic acids is 1. The van der Waals surface area contributed by atoms with Crippen LogP contribution in [0.25, 0.3) is 0 Å². The van der Waals surface area contributed by atoms with Gasteiger partial charge < -0.3 is 9.30 Å². The molecule has 2 rings (SSSR count). The van der Waals surface area contributed by atoms with Gasteiger partial charge in [-0.1, -0.05) is 18.2 Å². The molecule has 1 atom stereocenters. The van der Waals surface area contributed by atoms with Crippen molar-refractivity contribution in [2.45, 2.75) is 42.6 Å². The van der Waals surface area contributed by atoms with E-state index in [0.29, 0.717) is 18.8 Å². The Hall–Kier alpha value is -0.880. The summed E-state index contributed by atoms with van der Waals surface area (Å²) in [6.07, 6.45) is 5.53. The minimum Gasteiger partial charge on any atom is -0.383 e. The Morgan fingerprint density at radius 1 is 1.59 bits per heavy atom. The first kappa shape index (κ1) is 12.6. The largest absolute Gasteiger partial charge is 0.383 e. The lowest BCUT2D eigenvalue weighted by molar-refractivity contribution is -0.119. The lowest BCUT2D eigenvalue weighted by atomic mass is 9.99. The standard InChI is InChI=1S/C11H17N3O2S/c1-16-7-6-14-8-12-13-11(14)17-10-5-3-2-4-9(10)15/h8,10H,2-7H2,1H3/t10-/m1/s1. The summed E-state index contributed by atoms with van der Waals surface area (Å²) < 4.78 is 6.97. The van der Waals surface area contributed by atoms with Crippen molar-refractivity contribution in [1.29, 1.82) is 0 Å². The van der Waals surface area contributed by atoms with Crippen LogP contribution >= 0.6 is 11.8 Å². The topological polar surface area (TPSA) is 57.0 Å². The molecule has 1 saturated carbocycles. The van der Waals surface area contributed by atoms with Crippen LogP contribution in [0.4, 0.5) is 0 Å². The number of thioether (sulfide) groups is 1. The third-order valence-corrected chi connectivity index (χ3v) is 4.17. The molecule has 1 aliphatic rings. The van der Waals surface area contributed by atoms with E-state index >= 15 is 0 Å². The zero-order valence-electron chi connectivity index (χ0n) is 9.96. The Morgan fingerprint density at radius 3 is 3.24 bits per heavy atom. The molecule has 0 radical (unpaired) electrons. The second-order valence-electron chi connectivity index (χ2n) is 4.12. The molecule has 6 heteroatoms. The van der Waals surface area contributed by atoms with Gasteiger partial charge in [0.05, 0.1) is 11.9 Å². The van der Waals surface area contributed by atoms with Gasteiger partial charge in [-0.05, 0) is 12.8 Å². The van der Waals surface area contributed by atoms with Gasteiger partial charge in [0.2, 0.25) is 0 Å². The molecule has 0 amide bonds. The molecule has 0 aromatic carbocycles. The molecule has 1 aliphatic carbocycles. The molecular weight excluding hydrogens is 238 g/mol. The fourth-order valence-electron chi connectivity index (χ4n) is 1.88. The first-order chi connectivity index (χ1) is 8.31. The van der Waals surface area contributed by atoms with Gasteiger partial charge in [0.1, 0.15) is 12.1 Å². The molecule has 94 valence electrons. The number of Topliss-reactive ketones (excluding diaryl/α,β-unsaturated/α-hetero) is 1. The summed E-state index contributed by atoms with van der Waals surface area (Å²) in [5, 5.41) is 8.84. The summed E-state index contributed by atoms with van der Waals surface area (Å²) in [7, 11) is 1.67. The Morgan fingerprint density at radius 2 is 2.47 bits per heavy atom. The molecule has 1 aromatic rings. The average molecular weight is 255 g/mol. The number of carbonyl (C=O) groups is 1. The Bertz CT molecular complexity index is 381. The fraction of sp³-hybridized carbons (Fsp3) is 0.727. The first-order valence-electron chi connectivity index (χ1n) is 5.87.